The molecule has 2 aromatic rings. The number of hydrogen-bond donors (Lipinski definition) is 1. The highest BCUT2D eigenvalue weighted by Gasteiger charge is 1.96. The van der Waals surface area contributed by atoms with Gasteiger partial charge in [0, 0.05) is 12.7 Å². The first-order valence-corrected chi connectivity index (χ1v) is 5.48. The Morgan fingerprint density at radius 1 is 1.06 bits per heavy atom. The Morgan fingerprint density at radius 2 is 1.88 bits per heavy atom. The average molecular weight is 223 g/mol. The first-order chi connectivity index (χ1) is 8.38. The lowest BCUT2D eigenvalue weighted by molar-refractivity contribution is 1.10. The van der Waals surface area contributed by atoms with Crippen LogP contribution in [0.25, 0.3) is 0 Å². The van der Waals surface area contributed by atoms with Crippen LogP contribution in [0.3, 0.4) is 0 Å². The quantitative estimate of drug-likeness (QED) is 0.867. The summed E-state index contributed by atoms with van der Waals surface area (Å²) in [7, 11) is 0. The van der Waals surface area contributed by atoms with Gasteiger partial charge in [-0.3, -0.25) is 0 Å². The van der Waals surface area contributed by atoms with E-state index in [4.69, 9.17) is 5.26 Å². The van der Waals surface area contributed by atoms with Gasteiger partial charge in [0.15, 0.2) is 0 Å². The molecule has 3 heteroatoms. The number of benzene rings is 1. The van der Waals surface area contributed by atoms with Crippen LogP contribution in [0.4, 0.5) is 5.82 Å². The molecule has 1 aromatic heterocycles. The van der Waals surface area contributed by atoms with E-state index < -0.39 is 0 Å². The van der Waals surface area contributed by atoms with Crippen molar-refractivity contribution in [2.24, 2.45) is 0 Å². The lowest BCUT2D eigenvalue weighted by atomic mass is 10.2. The molecule has 17 heavy (non-hydrogen) atoms. The van der Waals surface area contributed by atoms with E-state index in [9.17, 15) is 0 Å². The second-order valence-electron chi connectivity index (χ2n) is 3.73. The van der Waals surface area contributed by atoms with Crippen LogP contribution in [-0.2, 0) is 13.0 Å². The Kier molecular flexibility index (Phi) is 3.72. The summed E-state index contributed by atoms with van der Waals surface area (Å²) >= 11 is 0. The molecule has 1 N–H and O–H groups in total. The van der Waals surface area contributed by atoms with Gasteiger partial charge in [-0.05, 0) is 17.2 Å². The van der Waals surface area contributed by atoms with Gasteiger partial charge in [-0.1, -0.05) is 36.4 Å². The maximum atomic E-state index is 8.55. The van der Waals surface area contributed by atoms with Gasteiger partial charge < -0.3 is 5.32 Å². The van der Waals surface area contributed by atoms with Crippen LogP contribution in [0.15, 0.2) is 48.7 Å². The van der Waals surface area contributed by atoms with E-state index in [1.165, 1.54) is 5.56 Å². The predicted molar refractivity (Wildman–Crippen MR) is 67.3 cm³/mol. The molecule has 0 aliphatic carbocycles. The van der Waals surface area contributed by atoms with Crippen LogP contribution >= 0.6 is 0 Å². The van der Waals surface area contributed by atoms with Gasteiger partial charge in [-0.2, -0.15) is 5.26 Å². The molecule has 0 aliphatic heterocycles. The predicted octanol–water partition coefficient (Wildman–Crippen LogP) is 2.76. The summed E-state index contributed by atoms with van der Waals surface area (Å²) in [4.78, 5) is 4.25. The van der Waals surface area contributed by atoms with Crippen molar-refractivity contribution < 1.29 is 0 Å². The molecule has 0 saturated carbocycles. The first-order valence-electron chi connectivity index (χ1n) is 5.48. The van der Waals surface area contributed by atoms with Crippen LogP contribution in [-0.4, -0.2) is 4.98 Å². The second-order valence-corrected chi connectivity index (χ2v) is 3.73. The zero-order chi connectivity index (χ0) is 11.9. The van der Waals surface area contributed by atoms with Crippen molar-refractivity contribution >= 4 is 5.82 Å². The lowest BCUT2D eigenvalue weighted by Gasteiger charge is -2.05. The SMILES string of the molecule is N#CCc1ccc(NCc2ccccc2)nc1. The highest BCUT2D eigenvalue weighted by molar-refractivity contribution is 5.37. The molecule has 0 radical (unpaired) electrons. The summed E-state index contributed by atoms with van der Waals surface area (Å²) in [6.45, 7) is 0.755. The average Bonchev–Trinajstić information content (AvgIpc) is 2.40. The summed E-state index contributed by atoms with van der Waals surface area (Å²) in [5, 5.41) is 11.8. The fraction of sp³-hybridized carbons (Fsp3) is 0.143. The summed E-state index contributed by atoms with van der Waals surface area (Å²) in [5.41, 5.74) is 2.16. The number of hydrogen-bond acceptors (Lipinski definition) is 3. The third-order valence-corrected chi connectivity index (χ3v) is 2.42. The van der Waals surface area contributed by atoms with Crippen molar-refractivity contribution in [3.05, 3.63) is 59.8 Å². The molecule has 1 aromatic carbocycles. The smallest absolute Gasteiger partial charge is 0.126 e. The van der Waals surface area contributed by atoms with Crippen LogP contribution in [0, 0.1) is 11.3 Å². The molecular weight excluding hydrogens is 210 g/mol. The minimum atomic E-state index is 0.409. The molecule has 0 bridgehead atoms. The van der Waals surface area contributed by atoms with Gasteiger partial charge in [0.1, 0.15) is 5.82 Å². The molecule has 84 valence electrons. The minimum Gasteiger partial charge on any atom is -0.366 e. The Labute approximate surface area is 101 Å². The van der Waals surface area contributed by atoms with Gasteiger partial charge in [0.25, 0.3) is 0 Å². The van der Waals surface area contributed by atoms with Crippen molar-refractivity contribution in [1.29, 1.82) is 5.26 Å². The second kappa shape index (κ2) is 5.66. The van der Waals surface area contributed by atoms with Gasteiger partial charge >= 0.3 is 0 Å². The zero-order valence-electron chi connectivity index (χ0n) is 9.43. The number of rotatable bonds is 4. The van der Waals surface area contributed by atoms with Gasteiger partial charge in [-0.25, -0.2) is 4.98 Å². The number of nitrogens with zero attached hydrogens (tertiary/aromatic N) is 2. The topological polar surface area (TPSA) is 48.7 Å². The molecule has 2 rings (SSSR count). The maximum absolute atomic E-state index is 8.55. The van der Waals surface area contributed by atoms with Gasteiger partial charge in [-0.15, -0.1) is 0 Å². The third-order valence-electron chi connectivity index (χ3n) is 2.42. The first kappa shape index (κ1) is 11.2. The number of pyridine rings is 1. The van der Waals surface area contributed by atoms with E-state index in [0.29, 0.717) is 6.42 Å². The van der Waals surface area contributed by atoms with E-state index in [2.05, 4.69) is 28.5 Å². The van der Waals surface area contributed by atoms with Gasteiger partial charge in [0.2, 0.25) is 0 Å². The summed E-state index contributed by atoms with van der Waals surface area (Å²) in [5.74, 6) is 0.829. The third kappa shape index (κ3) is 3.32. The van der Waals surface area contributed by atoms with E-state index in [0.717, 1.165) is 17.9 Å². The minimum absolute atomic E-state index is 0.409. The van der Waals surface area contributed by atoms with Crippen LogP contribution in [0.1, 0.15) is 11.1 Å². The lowest BCUT2D eigenvalue weighted by Crippen LogP contribution is -2.01. The molecule has 0 unspecified atom stereocenters. The summed E-state index contributed by atoms with van der Waals surface area (Å²) < 4.78 is 0. The largest absolute Gasteiger partial charge is 0.366 e. The van der Waals surface area contributed by atoms with E-state index >= 15 is 0 Å². The molecule has 1 heterocycles. The fourth-order valence-electron chi connectivity index (χ4n) is 1.51. The highest BCUT2D eigenvalue weighted by Crippen LogP contribution is 2.07. The number of nitriles is 1. The number of aromatic nitrogens is 1. The van der Waals surface area contributed by atoms with Crippen LogP contribution in [0.2, 0.25) is 0 Å². The summed E-state index contributed by atoms with van der Waals surface area (Å²) in [6.07, 6.45) is 2.14. The Balaban J connectivity index is 1.94. The van der Waals surface area contributed by atoms with Crippen molar-refractivity contribution in [3.8, 4) is 6.07 Å². The highest BCUT2D eigenvalue weighted by atomic mass is 15.0. The molecule has 0 atom stereocenters. The Bertz CT molecular complexity index is 497. The van der Waals surface area contributed by atoms with Crippen molar-refractivity contribution in [2.75, 3.05) is 5.32 Å². The monoisotopic (exact) mass is 223 g/mol. The van der Waals surface area contributed by atoms with Crippen molar-refractivity contribution in [1.82, 2.24) is 4.98 Å². The Hall–Kier alpha value is -2.34. The zero-order valence-corrected chi connectivity index (χ0v) is 9.43. The molecule has 0 amide bonds. The van der Waals surface area contributed by atoms with E-state index in [1.807, 2.05) is 30.3 Å². The van der Waals surface area contributed by atoms with Crippen molar-refractivity contribution in [2.45, 2.75) is 13.0 Å². The molecule has 0 saturated heterocycles. The number of anilines is 1. The van der Waals surface area contributed by atoms with E-state index in [-0.39, 0.29) is 0 Å². The van der Waals surface area contributed by atoms with Crippen LogP contribution < -0.4 is 5.32 Å². The normalized spacial score (nSPS) is 9.59. The van der Waals surface area contributed by atoms with E-state index in [1.54, 1.807) is 6.20 Å². The van der Waals surface area contributed by atoms with Crippen LogP contribution in [0.5, 0.6) is 0 Å². The Morgan fingerprint density at radius 3 is 2.53 bits per heavy atom. The summed E-state index contributed by atoms with van der Waals surface area (Å²) in [6, 6.07) is 16.1. The standard InChI is InChI=1S/C14H13N3/c15-9-8-13-6-7-14(17-11-13)16-10-12-4-2-1-3-5-12/h1-7,11H,8,10H2,(H,16,17). The van der Waals surface area contributed by atoms with Crippen molar-refractivity contribution in [3.63, 3.8) is 0 Å². The molecule has 3 nitrogen and oxygen atoms in total. The number of nitrogens with one attached hydrogen (secondary N) is 1. The van der Waals surface area contributed by atoms with Gasteiger partial charge in [0.05, 0.1) is 12.5 Å². The molecule has 0 fully saturated rings. The maximum Gasteiger partial charge on any atom is 0.126 e. The molecular formula is C14H13N3. The fourth-order valence-corrected chi connectivity index (χ4v) is 1.51. The molecule has 0 aliphatic rings. The molecule has 0 spiro atoms.